The van der Waals surface area contributed by atoms with Crippen molar-refractivity contribution in [1.82, 2.24) is 9.13 Å². The van der Waals surface area contributed by atoms with Gasteiger partial charge in [0.05, 0.1) is 43.6 Å². The van der Waals surface area contributed by atoms with Crippen LogP contribution < -0.4 is 26.0 Å². The molecule has 0 amide bonds. The highest BCUT2D eigenvalue weighted by Gasteiger charge is 2.45. The Morgan fingerprint density at radius 2 is 0.875 bits per heavy atom. The highest BCUT2D eigenvalue weighted by molar-refractivity contribution is 7.26. The fourth-order valence-corrected chi connectivity index (χ4v) is 15.3. The van der Waals surface area contributed by atoms with E-state index < -0.39 is 0 Å². The van der Waals surface area contributed by atoms with E-state index in [0.717, 1.165) is 99.2 Å². The molecule has 5 heterocycles. The molecule has 16 rings (SSSR count). The Morgan fingerprint density at radius 3 is 1.38 bits per heavy atom. The number of para-hydroxylation sites is 1. The average molecular weight is 1160 g/mol. The van der Waals surface area contributed by atoms with Gasteiger partial charge in [-0.15, -0.1) is 11.3 Å². The molecule has 6 heteroatoms. The van der Waals surface area contributed by atoms with Crippen molar-refractivity contribution in [1.29, 1.82) is 0 Å². The number of ether oxygens (including phenoxy) is 1. The van der Waals surface area contributed by atoms with Crippen LogP contribution in [0.25, 0.3) is 97.4 Å². The zero-order valence-electron chi connectivity index (χ0n) is 56.2. The summed E-state index contributed by atoms with van der Waals surface area (Å²) in [5, 5.41) is 6.06. The van der Waals surface area contributed by atoms with Gasteiger partial charge in [-0.05, 0) is 144 Å². The number of aromatic nitrogens is 2. The van der Waals surface area contributed by atoms with Crippen LogP contribution in [0.15, 0.2) is 218 Å². The van der Waals surface area contributed by atoms with Gasteiger partial charge in [-0.3, -0.25) is 0 Å². The van der Waals surface area contributed by atoms with Crippen LogP contribution in [0.1, 0.15) is 111 Å². The highest BCUT2D eigenvalue weighted by atomic mass is 32.1. The van der Waals surface area contributed by atoms with Gasteiger partial charge in [-0.2, -0.15) is 0 Å². The second-order valence-electron chi connectivity index (χ2n) is 28.7. The van der Waals surface area contributed by atoms with Crippen LogP contribution in [0.2, 0.25) is 0 Å². The normalized spacial score (nSPS) is 14.1. The molecule has 11 aromatic carbocycles. The fraction of sp³-hybridized carbons (Fsp3) is 0.195. The summed E-state index contributed by atoms with van der Waals surface area (Å²) in [4.78, 5) is 2.56. The van der Waals surface area contributed by atoms with Crippen LogP contribution in [-0.4, -0.2) is 15.8 Å². The number of benzene rings is 11. The molecule has 0 radical (unpaired) electrons. The first-order valence-corrected chi connectivity index (χ1v) is 31.8. The standard InChI is InChI=1S/C82H72BN3OS/c1-79(2,3)51-30-38-67-61(42-51)62-43-52(80(4,5)6)31-39-68(62)84(67)55-34-36-65-71(46-55)86(76-57(49-22-15-13-16-23-49)27-21-28-58(76)50-24-17-14-18-25-50)72-47-56(48-73-75(72)83(65)66-37-35-60-59-26-19-20-29-74(59)88-78(60)77(66)87-73)85-69-40-32-53(81(7,8)9)44-63(69)64-45-54(82(10,11)12)33-41-70(64)85/h13-48H,1-12H3/i19D,20D,26D,29D. The Balaban J connectivity index is 1.07. The molecule has 0 aliphatic carbocycles. The molecular formula is C82H72BN3OS. The van der Waals surface area contributed by atoms with Gasteiger partial charge in [-0.25, -0.2) is 0 Å². The van der Waals surface area contributed by atoms with Gasteiger partial charge in [0.25, 0.3) is 6.71 Å². The first-order valence-electron chi connectivity index (χ1n) is 33.0. The molecule has 0 fully saturated rings. The number of rotatable bonds is 5. The predicted molar refractivity (Wildman–Crippen MR) is 380 cm³/mol. The molecule has 88 heavy (non-hydrogen) atoms. The second-order valence-corrected chi connectivity index (χ2v) is 29.7. The Morgan fingerprint density at radius 1 is 0.409 bits per heavy atom. The molecular weight excluding hydrogens is 1090 g/mol. The summed E-state index contributed by atoms with van der Waals surface area (Å²) in [6.07, 6.45) is 0. The van der Waals surface area contributed by atoms with Crippen molar-refractivity contribution in [3.63, 3.8) is 0 Å². The maximum Gasteiger partial charge on any atom is 0.256 e. The Kier molecular flexibility index (Phi) is 10.9. The van der Waals surface area contributed by atoms with Crippen molar-refractivity contribution < 1.29 is 10.2 Å². The highest BCUT2D eigenvalue weighted by Crippen LogP contribution is 2.52. The van der Waals surface area contributed by atoms with E-state index in [0.29, 0.717) is 21.6 Å². The van der Waals surface area contributed by atoms with E-state index >= 15 is 0 Å². The molecule has 4 nitrogen and oxygen atoms in total. The van der Waals surface area contributed by atoms with Crippen LogP contribution in [0, 0.1) is 0 Å². The lowest BCUT2D eigenvalue weighted by Crippen LogP contribution is -2.59. The van der Waals surface area contributed by atoms with Gasteiger partial charge in [0.15, 0.2) is 0 Å². The Labute approximate surface area is 527 Å². The maximum absolute atomic E-state index is 9.31. The lowest BCUT2D eigenvalue weighted by atomic mass is 9.34. The number of fused-ring (bicyclic) bond motifs is 14. The van der Waals surface area contributed by atoms with E-state index in [-0.39, 0.29) is 52.5 Å². The van der Waals surface area contributed by atoms with Gasteiger partial charge < -0.3 is 18.8 Å². The molecule has 0 unspecified atom stereocenters. The molecule has 0 saturated carbocycles. The van der Waals surface area contributed by atoms with E-state index in [4.69, 9.17) is 7.48 Å². The molecule has 0 spiro atoms. The molecule has 0 saturated heterocycles. The summed E-state index contributed by atoms with van der Waals surface area (Å²) in [6, 6.07) is 72.0. The zero-order valence-corrected chi connectivity index (χ0v) is 53.0. The maximum atomic E-state index is 9.31. The van der Waals surface area contributed by atoms with E-state index in [1.165, 1.54) is 55.1 Å². The molecule has 0 atom stereocenters. The van der Waals surface area contributed by atoms with Crippen molar-refractivity contribution in [2.24, 2.45) is 0 Å². The number of thiophene rings is 1. The average Bonchev–Trinajstić information content (AvgIpc) is 1.03. The van der Waals surface area contributed by atoms with Gasteiger partial charge in [-0.1, -0.05) is 223 Å². The fourth-order valence-electron chi connectivity index (χ4n) is 14.2. The quantitative estimate of drug-likeness (QED) is 0.160. The third kappa shape index (κ3) is 8.38. The van der Waals surface area contributed by atoms with Crippen LogP contribution in [0.5, 0.6) is 11.5 Å². The third-order valence-corrected chi connectivity index (χ3v) is 20.1. The summed E-state index contributed by atoms with van der Waals surface area (Å²) in [5.74, 6) is 1.37. The summed E-state index contributed by atoms with van der Waals surface area (Å²) < 4.78 is 50.2. The van der Waals surface area contributed by atoms with Crippen LogP contribution >= 0.6 is 11.3 Å². The molecule has 3 aromatic heterocycles. The number of hydrogen-bond donors (Lipinski definition) is 0. The molecule has 0 bridgehead atoms. The minimum atomic E-state index is -0.357. The third-order valence-electron chi connectivity index (χ3n) is 18.9. The lowest BCUT2D eigenvalue weighted by molar-refractivity contribution is 0.493. The Hall–Kier alpha value is -9.10. The molecule has 430 valence electrons. The van der Waals surface area contributed by atoms with Crippen molar-refractivity contribution >= 4 is 115 Å². The van der Waals surface area contributed by atoms with Crippen LogP contribution in [0.3, 0.4) is 0 Å². The molecule has 2 aliphatic heterocycles. The van der Waals surface area contributed by atoms with Gasteiger partial charge in [0.1, 0.15) is 11.5 Å². The minimum absolute atomic E-state index is 0.0425. The van der Waals surface area contributed by atoms with Gasteiger partial charge >= 0.3 is 0 Å². The van der Waals surface area contributed by atoms with Crippen LogP contribution in [0.4, 0.5) is 17.1 Å². The lowest BCUT2D eigenvalue weighted by Gasteiger charge is -2.42. The van der Waals surface area contributed by atoms with E-state index in [1.54, 1.807) is 0 Å². The number of nitrogens with zero attached hydrogens (tertiary/aromatic N) is 3. The van der Waals surface area contributed by atoms with E-state index in [1.807, 2.05) is 0 Å². The van der Waals surface area contributed by atoms with Gasteiger partial charge in [0.2, 0.25) is 0 Å². The summed E-state index contributed by atoms with van der Waals surface area (Å²) >= 11 is 1.39. The number of anilines is 3. The van der Waals surface area contributed by atoms with Gasteiger partial charge in [0, 0.05) is 71.3 Å². The smallest absolute Gasteiger partial charge is 0.256 e. The first-order chi connectivity index (χ1) is 43.8. The largest absolute Gasteiger partial charge is 0.457 e. The van der Waals surface area contributed by atoms with Crippen molar-refractivity contribution in [2.45, 2.75) is 105 Å². The molecule has 2 aliphatic rings. The summed E-state index contributed by atoms with van der Waals surface area (Å²) in [7, 11) is 0. The monoisotopic (exact) mass is 1160 g/mol. The second kappa shape index (κ2) is 19.2. The Bertz CT molecular complexity index is 5280. The van der Waals surface area contributed by atoms with E-state index in [9.17, 15) is 2.74 Å². The molecule has 14 aromatic rings. The predicted octanol–water partition coefficient (Wildman–Crippen LogP) is 21.2. The summed E-state index contributed by atoms with van der Waals surface area (Å²) in [5.41, 5.74) is 21.6. The molecule has 0 N–H and O–H groups in total. The zero-order chi connectivity index (χ0) is 64.0. The first kappa shape index (κ1) is 50.0. The van der Waals surface area contributed by atoms with Crippen molar-refractivity contribution in [3.8, 4) is 45.1 Å². The topological polar surface area (TPSA) is 22.3 Å². The summed E-state index contributed by atoms with van der Waals surface area (Å²) in [6.45, 7) is 27.2. The van der Waals surface area contributed by atoms with Crippen molar-refractivity contribution in [3.05, 3.63) is 241 Å². The van der Waals surface area contributed by atoms with E-state index in [2.05, 4.69) is 291 Å². The van der Waals surface area contributed by atoms with Crippen LogP contribution in [-0.2, 0) is 21.7 Å². The SMILES string of the molecule is [2H]c1c([2H])c([2H])c2c(sc3c4c(ccc32)B2c3ccc(-n5c6ccc(C(C)(C)C)cc6c6cc(C(C)(C)C)ccc65)cc3N(c3c(-c5ccccc5)cccc3-c3ccccc3)c3cc(-n5c6ccc(C(C)(C)C)cc6c6cc(C(C)(C)C)ccc65)cc(c32)O4)c1[2H]. The van der Waals surface area contributed by atoms with Crippen molar-refractivity contribution in [2.75, 3.05) is 4.90 Å². The number of hydrogen-bond acceptors (Lipinski definition) is 3. The minimum Gasteiger partial charge on any atom is -0.457 e.